The van der Waals surface area contributed by atoms with Crippen molar-refractivity contribution in [3.05, 3.63) is 48.5 Å². The Labute approximate surface area is 159 Å². The van der Waals surface area contributed by atoms with Crippen LogP contribution in [0.25, 0.3) is 0 Å². The molecule has 0 aliphatic carbocycles. The van der Waals surface area contributed by atoms with Gasteiger partial charge in [-0.25, -0.2) is 0 Å². The van der Waals surface area contributed by atoms with E-state index >= 15 is 0 Å². The van der Waals surface area contributed by atoms with Crippen LogP contribution in [-0.2, 0) is 14.3 Å². The number of ether oxygens (including phenoxy) is 4. The second kappa shape index (κ2) is 11.8. The first-order chi connectivity index (χ1) is 13.2. The molecule has 0 aliphatic heterocycles. The van der Waals surface area contributed by atoms with Gasteiger partial charge in [0, 0.05) is 31.7 Å². The first-order valence-corrected chi connectivity index (χ1v) is 8.68. The van der Waals surface area contributed by atoms with Gasteiger partial charge in [-0.3, -0.25) is 4.79 Å². The third-order valence-corrected chi connectivity index (χ3v) is 3.54. The fraction of sp³-hybridized carbons (Fsp3) is 0.350. The highest BCUT2D eigenvalue weighted by atomic mass is 16.5. The van der Waals surface area contributed by atoms with Gasteiger partial charge < -0.3 is 29.6 Å². The zero-order valence-electron chi connectivity index (χ0n) is 15.7. The van der Waals surface area contributed by atoms with E-state index in [1.54, 1.807) is 20.3 Å². The van der Waals surface area contributed by atoms with Crippen LogP contribution in [0.2, 0.25) is 0 Å². The Morgan fingerprint density at radius 2 is 1.48 bits per heavy atom. The van der Waals surface area contributed by atoms with Crippen LogP contribution < -0.4 is 20.1 Å². The predicted octanol–water partition coefficient (Wildman–Crippen LogP) is 2.79. The highest BCUT2D eigenvalue weighted by Gasteiger charge is 2.04. The van der Waals surface area contributed by atoms with E-state index in [-0.39, 0.29) is 12.5 Å². The molecule has 1 amide bonds. The molecule has 0 aromatic heterocycles. The quantitative estimate of drug-likeness (QED) is 0.556. The van der Waals surface area contributed by atoms with Crippen molar-refractivity contribution in [3.63, 3.8) is 0 Å². The maximum absolute atomic E-state index is 12.1. The summed E-state index contributed by atoms with van der Waals surface area (Å²) in [5.74, 6) is 1.29. The lowest BCUT2D eigenvalue weighted by atomic mass is 10.3. The van der Waals surface area contributed by atoms with E-state index in [0.29, 0.717) is 37.9 Å². The maximum atomic E-state index is 12.1. The summed E-state index contributed by atoms with van der Waals surface area (Å²) in [5.41, 5.74) is 1.51. The van der Waals surface area contributed by atoms with Gasteiger partial charge in [-0.1, -0.05) is 6.07 Å². The van der Waals surface area contributed by atoms with Crippen molar-refractivity contribution >= 4 is 17.3 Å². The number of nitrogens with one attached hydrogen (secondary N) is 2. The van der Waals surface area contributed by atoms with Crippen LogP contribution >= 0.6 is 0 Å². The smallest absolute Gasteiger partial charge is 0.243 e. The third-order valence-electron chi connectivity index (χ3n) is 3.54. The molecule has 27 heavy (non-hydrogen) atoms. The lowest BCUT2D eigenvalue weighted by molar-refractivity contribution is -0.114. The number of anilines is 2. The molecule has 146 valence electrons. The molecule has 0 bridgehead atoms. The van der Waals surface area contributed by atoms with Crippen LogP contribution in [0.15, 0.2) is 48.5 Å². The van der Waals surface area contributed by atoms with Crippen molar-refractivity contribution in [2.24, 2.45) is 0 Å². The van der Waals surface area contributed by atoms with Gasteiger partial charge in [-0.2, -0.15) is 0 Å². The minimum absolute atomic E-state index is 0.149. The van der Waals surface area contributed by atoms with Gasteiger partial charge in [0.25, 0.3) is 0 Å². The molecular formula is C20H26N2O5. The van der Waals surface area contributed by atoms with E-state index in [1.807, 2.05) is 42.5 Å². The van der Waals surface area contributed by atoms with Gasteiger partial charge in [0.05, 0.1) is 19.8 Å². The van der Waals surface area contributed by atoms with Crippen LogP contribution in [-0.4, -0.2) is 53.1 Å². The highest BCUT2D eigenvalue weighted by Crippen LogP contribution is 2.18. The van der Waals surface area contributed by atoms with Gasteiger partial charge in [0.15, 0.2) is 0 Å². The average Bonchev–Trinajstić information content (AvgIpc) is 2.68. The van der Waals surface area contributed by atoms with Crippen molar-refractivity contribution in [2.45, 2.75) is 0 Å². The molecule has 0 aliphatic rings. The number of hydrogen-bond acceptors (Lipinski definition) is 6. The molecule has 2 aromatic carbocycles. The Kier molecular flexibility index (Phi) is 8.95. The molecular weight excluding hydrogens is 348 g/mol. The molecule has 2 rings (SSSR count). The minimum atomic E-state index is -0.149. The van der Waals surface area contributed by atoms with Crippen LogP contribution in [0.1, 0.15) is 0 Å². The summed E-state index contributed by atoms with van der Waals surface area (Å²) in [6, 6.07) is 14.7. The Morgan fingerprint density at radius 3 is 2.15 bits per heavy atom. The predicted molar refractivity (Wildman–Crippen MR) is 105 cm³/mol. The molecule has 0 saturated carbocycles. The van der Waals surface area contributed by atoms with Crippen molar-refractivity contribution in [3.8, 4) is 11.5 Å². The van der Waals surface area contributed by atoms with Crippen molar-refractivity contribution in [1.82, 2.24) is 0 Å². The number of carbonyl (C=O) groups excluding carboxylic acids is 1. The second-order valence-electron chi connectivity index (χ2n) is 5.64. The van der Waals surface area contributed by atoms with Crippen LogP contribution in [0.4, 0.5) is 11.4 Å². The second-order valence-corrected chi connectivity index (χ2v) is 5.64. The van der Waals surface area contributed by atoms with Crippen LogP contribution in [0.3, 0.4) is 0 Å². The van der Waals surface area contributed by atoms with Crippen molar-refractivity contribution in [1.29, 1.82) is 0 Å². The van der Waals surface area contributed by atoms with Gasteiger partial charge in [0.2, 0.25) is 5.91 Å². The fourth-order valence-corrected chi connectivity index (χ4v) is 2.21. The van der Waals surface area contributed by atoms with Crippen LogP contribution in [0, 0.1) is 0 Å². The number of amides is 1. The first-order valence-electron chi connectivity index (χ1n) is 8.68. The molecule has 0 atom stereocenters. The summed E-state index contributed by atoms with van der Waals surface area (Å²) < 4.78 is 20.9. The highest BCUT2D eigenvalue weighted by molar-refractivity contribution is 5.93. The van der Waals surface area contributed by atoms with Gasteiger partial charge >= 0.3 is 0 Å². The minimum Gasteiger partial charge on any atom is -0.491 e. The molecule has 0 spiro atoms. The Balaban J connectivity index is 1.76. The molecule has 7 heteroatoms. The normalized spacial score (nSPS) is 10.3. The monoisotopic (exact) mass is 374 g/mol. The number of rotatable bonds is 12. The zero-order valence-corrected chi connectivity index (χ0v) is 15.7. The van der Waals surface area contributed by atoms with Crippen LogP contribution in [0.5, 0.6) is 11.5 Å². The number of methoxy groups -OCH3 is 2. The summed E-state index contributed by atoms with van der Waals surface area (Å²) in [6.07, 6.45) is 0. The van der Waals surface area contributed by atoms with Gasteiger partial charge in [0.1, 0.15) is 24.7 Å². The Hall–Kier alpha value is -2.77. The lowest BCUT2D eigenvalue weighted by Gasteiger charge is -2.11. The van der Waals surface area contributed by atoms with E-state index in [1.165, 1.54) is 0 Å². The fourth-order valence-electron chi connectivity index (χ4n) is 2.21. The average molecular weight is 374 g/mol. The van der Waals surface area contributed by atoms with Crippen molar-refractivity contribution in [2.75, 3.05) is 57.8 Å². The molecule has 0 heterocycles. The van der Waals surface area contributed by atoms with E-state index in [9.17, 15) is 4.79 Å². The summed E-state index contributed by atoms with van der Waals surface area (Å²) in [5, 5.41) is 5.91. The summed E-state index contributed by atoms with van der Waals surface area (Å²) in [7, 11) is 3.25. The summed E-state index contributed by atoms with van der Waals surface area (Å²) in [6.45, 7) is 2.16. The molecule has 0 saturated heterocycles. The summed E-state index contributed by atoms with van der Waals surface area (Å²) in [4.78, 5) is 12.1. The standard InChI is InChI=1S/C20H26N2O5/c1-24-10-12-26-18-8-6-16(7-9-18)21-15-20(23)22-17-4-3-5-19(14-17)27-13-11-25-2/h3-9,14,21H,10-13,15H2,1-2H3,(H,22,23). The Morgan fingerprint density at radius 1 is 0.815 bits per heavy atom. The van der Waals surface area contributed by atoms with Gasteiger partial charge in [-0.15, -0.1) is 0 Å². The SMILES string of the molecule is COCCOc1ccc(NCC(=O)Nc2cccc(OCCOC)c2)cc1. The van der Waals surface area contributed by atoms with E-state index in [4.69, 9.17) is 18.9 Å². The molecule has 2 aromatic rings. The molecule has 7 nitrogen and oxygen atoms in total. The van der Waals surface area contributed by atoms with E-state index < -0.39 is 0 Å². The molecule has 0 fully saturated rings. The van der Waals surface area contributed by atoms with Gasteiger partial charge in [-0.05, 0) is 36.4 Å². The van der Waals surface area contributed by atoms with Crippen molar-refractivity contribution < 1.29 is 23.7 Å². The molecule has 0 radical (unpaired) electrons. The number of hydrogen-bond donors (Lipinski definition) is 2. The number of carbonyl (C=O) groups is 1. The topological polar surface area (TPSA) is 78.1 Å². The van der Waals surface area contributed by atoms with E-state index in [0.717, 1.165) is 11.4 Å². The largest absolute Gasteiger partial charge is 0.491 e. The zero-order chi connectivity index (χ0) is 19.3. The summed E-state index contributed by atoms with van der Waals surface area (Å²) >= 11 is 0. The maximum Gasteiger partial charge on any atom is 0.243 e. The van der Waals surface area contributed by atoms with E-state index in [2.05, 4.69) is 10.6 Å². The molecule has 0 unspecified atom stereocenters. The first kappa shape index (κ1) is 20.5. The lowest BCUT2D eigenvalue weighted by Crippen LogP contribution is -2.21. The third kappa shape index (κ3) is 7.98. The molecule has 2 N–H and O–H groups in total. The number of benzene rings is 2. The Bertz CT molecular complexity index is 691.